The first-order valence-electron chi connectivity index (χ1n) is 8.35. The molecule has 0 radical (unpaired) electrons. The second-order valence-corrected chi connectivity index (χ2v) is 7.11. The lowest BCUT2D eigenvalue weighted by molar-refractivity contribution is -0.132. The van der Waals surface area contributed by atoms with Crippen molar-refractivity contribution in [1.29, 1.82) is 0 Å². The molecule has 1 fully saturated rings. The zero-order valence-corrected chi connectivity index (χ0v) is 15.5. The fourth-order valence-corrected chi connectivity index (χ4v) is 3.76. The number of amides is 3. The molecule has 0 bridgehead atoms. The molecule has 1 spiro atoms. The number of para-hydroxylation sites is 1. The van der Waals surface area contributed by atoms with Gasteiger partial charge in [0.1, 0.15) is 18.1 Å². The molecular formula is C19H17BrN2O4. The highest BCUT2D eigenvalue weighted by Gasteiger charge is 2.54. The molecule has 2 aliphatic rings. The highest BCUT2D eigenvalue weighted by molar-refractivity contribution is 9.10. The predicted octanol–water partition coefficient (Wildman–Crippen LogP) is 3.06. The van der Waals surface area contributed by atoms with E-state index in [4.69, 9.17) is 9.47 Å². The highest BCUT2D eigenvalue weighted by atomic mass is 79.9. The Balaban J connectivity index is 1.50. The Bertz CT molecular complexity index is 872. The van der Waals surface area contributed by atoms with E-state index >= 15 is 0 Å². The number of carbonyl (C=O) groups is 2. The van der Waals surface area contributed by atoms with E-state index in [9.17, 15) is 9.59 Å². The summed E-state index contributed by atoms with van der Waals surface area (Å²) < 4.78 is 12.2. The molecule has 0 aromatic heterocycles. The number of ether oxygens (including phenoxy) is 2. The molecule has 2 heterocycles. The van der Waals surface area contributed by atoms with Crippen LogP contribution in [0.15, 0.2) is 53.0 Å². The number of carbonyl (C=O) groups excluding carboxylic acids is 2. The lowest BCUT2D eigenvalue weighted by Gasteiger charge is -2.33. The van der Waals surface area contributed by atoms with Gasteiger partial charge in [-0.25, -0.2) is 4.79 Å². The van der Waals surface area contributed by atoms with E-state index in [-0.39, 0.29) is 19.1 Å². The van der Waals surface area contributed by atoms with Crippen LogP contribution in [0.2, 0.25) is 0 Å². The van der Waals surface area contributed by atoms with Crippen molar-refractivity contribution in [3.63, 3.8) is 0 Å². The smallest absolute Gasteiger partial charge is 0.325 e. The van der Waals surface area contributed by atoms with Crippen LogP contribution in [0.1, 0.15) is 12.0 Å². The summed E-state index contributed by atoms with van der Waals surface area (Å²) in [7, 11) is 0. The Labute approximate surface area is 159 Å². The largest absolute Gasteiger partial charge is 0.493 e. The number of rotatable bonds is 4. The number of nitrogens with one attached hydrogen (secondary N) is 1. The van der Waals surface area contributed by atoms with E-state index < -0.39 is 11.6 Å². The van der Waals surface area contributed by atoms with Gasteiger partial charge in [-0.1, -0.05) is 40.2 Å². The van der Waals surface area contributed by atoms with Crippen LogP contribution in [0.5, 0.6) is 11.5 Å². The average molecular weight is 417 g/mol. The maximum absolute atomic E-state index is 13.1. The van der Waals surface area contributed by atoms with E-state index in [1.165, 1.54) is 4.90 Å². The molecule has 134 valence electrons. The van der Waals surface area contributed by atoms with Gasteiger partial charge >= 0.3 is 6.03 Å². The molecule has 2 aromatic carbocycles. The van der Waals surface area contributed by atoms with E-state index in [1.54, 1.807) is 0 Å². The zero-order chi connectivity index (χ0) is 18.1. The number of nitrogens with zero attached hydrogens (tertiary/aromatic N) is 1. The second kappa shape index (κ2) is 6.64. The molecule has 0 unspecified atom stereocenters. The van der Waals surface area contributed by atoms with Crippen molar-refractivity contribution in [2.45, 2.75) is 12.0 Å². The van der Waals surface area contributed by atoms with Gasteiger partial charge in [0.25, 0.3) is 5.91 Å². The molecular weight excluding hydrogens is 400 g/mol. The third-order valence-corrected chi connectivity index (χ3v) is 5.13. The number of hydrogen-bond donors (Lipinski definition) is 1. The summed E-state index contributed by atoms with van der Waals surface area (Å²) in [5.41, 5.74) is -0.332. The van der Waals surface area contributed by atoms with Crippen LogP contribution in [0.25, 0.3) is 0 Å². The van der Waals surface area contributed by atoms with Crippen LogP contribution in [0, 0.1) is 0 Å². The van der Waals surface area contributed by atoms with Gasteiger partial charge in [0.15, 0.2) is 5.54 Å². The van der Waals surface area contributed by atoms with E-state index in [2.05, 4.69) is 21.2 Å². The van der Waals surface area contributed by atoms with Crippen LogP contribution in [0.4, 0.5) is 4.79 Å². The van der Waals surface area contributed by atoms with Crippen LogP contribution in [-0.2, 0) is 10.3 Å². The zero-order valence-electron chi connectivity index (χ0n) is 13.9. The second-order valence-electron chi connectivity index (χ2n) is 6.19. The van der Waals surface area contributed by atoms with Crippen LogP contribution >= 0.6 is 15.9 Å². The minimum absolute atomic E-state index is 0.182. The van der Waals surface area contributed by atoms with Gasteiger partial charge < -0.3 is 14.8 Å². The van der Waals surface area contributed by atoms with E-state index in [0.29, 0.717) is 30.1 Å². The molecule has 2 aliphatic heterocycles. The molecule has 4 rings (SSSR count). The normalized spacial score (nSPS) is 21.3. The van der Waals surface area contributed by atoms with E-state index in [0.717, 1.165) is 4.47 Å². The molecule has 0 aliphatic carbocycles. The van der Waals surface area contributed by atoms with Gasteiger partial charge in [0, 0.05) is 16.5 Å². The minimum atomic E-state index is -1.04. The number of urea groups is 1. The monoisotopic (exact) mass is 416 g/mol. The van der Waals surface area contributed by atoms with Crippen molar-refractivity contribution < 1.29 is 19.1 Å². The van der Waals surface area contributed by atoms with Crippen LogP contribution < -0.4 is 14.8 Å². The molecule has 6 nitrogen and oxygen atoms in total. The molecule has 3 amide bonds. The fraction of sp³-hybridized carbons (Fsp3) is 0.263. The van der Waals surface area contributed by atoms with Gasteiger partial charge in [0.2, 0.25) is 0 Å². The Morgan fingerprint density at radius 1 is 1.19 bits per heavy atom. The third kappa shape index (κ3) is 2.82. The Morgan fingerprint density at radius 3 is 2.88 bits per heavy atom. The van der Waals surface area contributed by atoms with Crippen molar-refractivity contribution in [3.8, 4) is 11.5 Å². The van der Waals surface area contributed by atoms with Crippen LogP contribution in [-0.4, -0.2) is 36.6 Å². The minimum Gasteiger partial charge on any atom is -0.493 e. The molecule has 7 heteroatoms. The summed E-state index contributed by atoms with van der Waals surface area (Å²) >= 11 is 3.38. The van der Waals surface area contributed by atoms with Gasteiger partial charge in [0.05, 0.1) is 13.2 Å². The Hall–Kier alpha value is -2.54. The standard InChI is InChI=1S/C19H17BrN2O4/c20-13-4-3-5-14(12-13)25-11-9-22-17(23)19(21-18(22)24)8-10-26-16-7-2-1-6-15(16)19/h1-7,12H,8-11H2,(H,21,24)/t19-/m0/s1. The maximum Gasteiger partial charge on any atom is 0.325 e. The summed E-state index contributed by atoms with van der Waals surface area (Å²) in [6.07, 6.45) is 0.414. The number of fused-ring (bicyclic) bond motifs is 2. The summed E-state index contributed by atoms with van der Waals surface area (Å²) in [6, 6.07) is 14.4. The quantitative estimate of drug-likeness (QED) is 0.777. The SMILES string of the molecule is O=C1N[C@]2(CCOc3ccccc32)C(=O)N1CCOc1cccc(Br)c1. The molecule has 1 saturated heterocycles. The van der Waals surface area contributed by atoms with Gasteiger partial charge in [-0.15, -0.1) is 0 Å². The number of halogens is 1. The summed E-state index contributed by atoms with van der Waals surface area (Å²) in [6.45, 7) is 0.789. The molecule has 26 heavy (non-hydrogen) atoms. The van der Waals surface area contributed by atoms with Gasteiger partial charge in [-0.2, -0.15) is 0 Å². The summed E-state index contributed by atoms with van der Waals surface area (Å²) in [5.74, 6) is 1.06. The summed E-state index contributed by atoms with van der Waals surface area (Å²) in [4.78, 5) is 26.8. The van der Waals surface area contributed by atoms with Gasteiger partial charge in [-0.05, 0) is 24.3 Å². The topological polar surface area (TPSA) is 67.9 Å². The van der Waals surface area contributed by atoms with Crippen LogP contribution in [0.3, 0.4) is 0 Å². The van der Waals surface area contributed by atoms with Gasteiger partial charge in [-0.3, -0.25) is 9.69 Å². The lowest BCUT2D eigenvalue weighted by Crippen LogP contribution is -2.47. The lowest BCUT2D eigenvalue weighted by atomic mass is 9.84. The molecule has 1 atom stereocenters. The van der Waals surface area contributed by atoms with Crippen molar-refractivity contribution in [1.82, 2.24) is 10.2 Å². The Kier molecular flexibility index (Phi) is 4.32. The number of benzene rings is 2. The molecule has 0 saturated carbocycles. The van der Waals surface area contributed by atoms with Crippen molar-refractivity contribution in [2.24, 2.45) is 0 Å². The fourth-order valence-electron chi connectivity index (χ4n) is 3.39. The number of hydrogen-bond acceptors (Lipinski definition) is 4. The van der Waals surface area contributed by atoms with Crippen molar-refractivity contribution in [3.05, 3.63) is 58.6 Å². The third-order valence-electron chi connectivity index (χ3n) is 4.64. The summed E-state index contributed by atoms with van der Waals surface area (Å²) in [5, 5.41) is 2.88. The molecule has 1 N–H and O–H groups in total. The maximum atomic E-state index is 13.1. The Morgan fingerprint density at radius 2 is 2.04 bits per heavy atom. The predicted molar refractivity (Wildman–Crippen MR) is 98.1 cm³/mol. The van der Waals surface area contributed by atoms with E-state index in [1.807, 2.05) is 48.5 Å². The first kappa shape index (κ1) is 16.9. The number of imide groups is 1. The van der Waals surface area contributed by atoms with Crippen molar-refractivity contribution in [2.75, 3.05) is 19.8 Å². The van der Waals surface area contributed by atoms with Crippen molar-refractivity contribution >= 4 is 27.9 Å². The average Bonchev–Trinajstić information content (AvgIpc) is 2.87. The first-order valence-corrected chi connectivity index (χ1v) is 9.14. The molecule has 2 aromatic rings. The highest BCUT2D eigenvalue weighted by Crippen LogP contribution is 2.40. The first-order chi connectivity index (χ1) is 12.6.